The average Bonchev–Trinajstić information content (AvgIpc) is 2.27. The zero-order chi connectivity index (χ0) is 12.0. The molecule has 0 spiro atoms. The Morgan fingerprint density at radius 3 is 3.00 bits per heavy atom. The number of hydrogen-bond donors (Lipinski definition) is 1. The van der Waals surface area contributed by atoms with Crippen LogP contribution in [0.4, 0.5) is 10.1 Å². The van der Waals surface area contributed by atoms with Gasteiger partial charge in [-0.05, 0) is 24.6 Å². The normalized spacial score (nSPS) is 9.50. The zero-order valence-corrected chi connectivity index (χ0v) is 8.57. The summed E-state index contributed by atoms with van der Waals surface area (Å²) < 4.78 is 17.7. The molecule has 0 saturated carbocycles. The Hall–Kier alpha value is -2.09. The monoisotopic (exact) mass is 222 g/mol. The van der Waals surface area contributed by atoms with Crippen LogP contribution in [-0.4, -0.2) is 12.6 Å². The summed E-state index contributed by atoms with van der Waals surface area (Å²) in [6, 6.07) is 5.43. The summed E-state index contributed by atoms with van der Waals surface area (Å²) in [5, 5.41) is 8.27. The van der Waals surface area contributed by atoms with E-state index in [0.29, 0.717) is 12.8 Å². The predicted molar refractivity (Wildman–Crippen MR) is 55.9 cm³/mol. The number of nitriles is 1. The third-order valence-corrected chi connectivity index (χ3v) is 1.90. The van der Waals surface area contributed by atoms with Gasteiger partial charge in [-0.2, -0.15) is 5.26 Å². The smallest absolute Gasteiger partial charge is 0.340 e. The van der Waals surface area contributed by atoms with Crippen molar-refractivity contribution < 1.29 is 13.9 Å². The van der Waals surface area contributed by atoms with Gasteiger partial charge in [-0.15, -0.1) is 0 Å². The van der Waals surface area contributed by atoms with E-state index in [1.807, 2.05) is 6.07 Å². The highest BCUT2D eigenvalue weighted by Gasteiger charge is 2.11. The van der Waals surface area contributed by atoms with Crippen LogP contribution in [0.5, 0.6) is 0 Å². The van der Waals surface area contributed by atoms with Crippen molar-refractivity contribution >= 4 is 11.7 Å². The van der Waals surface area contributed by atoms with Crippen LogP contribution < -0.4 is 5.73 Å². The fourth-order valence-electron chi connectivity index (χ4n) is 1.10. The fourth-order valence-corrected chi connectivity index (χ4v) is 1.10. The van der Waals surface area contributed by atoms with E-state index >= 15 is 0 Å². The quantitative estimate of drug-likeness (QED) is 0.479. The maximum absolute atomic E-state index is 12.8. The highest BCUT2D eigenvalue weighted by atomic mass is 19.1. The Morgan fingerprint density at radius 2 is 2.31 bits per heavy atom. The van der Waals surface area contributed by atoms with Gasteiger partial charge in [-0.25, -0.2) is 9.18 Å². The first kappa shape index (κ1) is 12.0. The molecule has 0 amide bonds. The van der Waals surface area contributed by atoms with Crippen LogP contribution >= 0.6 is 0 Å². The third kappa shape index (κ3) is 3.24. The molecule has 0 aliphatic heterocycles. The topological polar surface area (TPSA) is 76.1 Å². The lowest BCUT2D eigenvalue weighted by atomic mass is 10.2. The lowest BCUT2D eigenvalue weighted by molar-refractivity contribution is 0.0502. The van der Waals surface area contributed by atoms with Crippen molar-refractivity contribution in [2.45, 2.75) is 12.8 Å². The van der Waals surface area contributed by atoms with Gasteiger partial charge in [0.15, 0.2) is 0 Å². The number of benzene rings is 1. The average molecular weight is 222 g/mol. The van der Waals surface area contributed by atoms with Crippen LogP contribution in [0.1, 0.15) is 23.2 Å². The van der Waals surface area contributed by atoms with E-state index < -0.39 is 11.8 Å². The van der Waals surface area contributed by atoms with E-state index in [0.717, 1.165) is 6.07 Å². The van der Waals surface area contributed by atoms with Crippen LogP contribution in [0.3, 0.4) is 0 Å². The van der Waals surface area contributed by atoms with Crippen LogP contribution in [0.2, 0.25) is 0 Å². The molecule has 0 bridgehead atoms. The maximum Gasteiger partial charge on any atom is 0.340 e. The molecular formula is C11H11FN2O2. The number of nitrogen functional groups attached to an aromatic ring is 1. The second-order valence-electron chi connectivity index (χ2n) is 3.13. The number of hydrogen-bond acceptors (Lipinski definition) is 4. The van der Waals surface area contributed by atoms with Crippen molar-refractivity contribution in [3.8, 4) is 6.07 Å². The first-order valence-corrected chi connectivity index (χ1v) is 4.74. The Morgan fingerprint density at radius 1 is 1.56 bits per heavy atom. The number of halogens is 1. The van der Waals surface area contributed by atoms with Gasteiger partial charge in [0.1, 0.15) is 5.82 Å². The van der Waals surface area contributed by atoms with Crippen molar-refractivity contribution in [1.29, 1.82) is 5.26 Å². The largest absolute Gasteiger partial charge is 0.462 e. The SMILES string of the molecule is N#CCCCOC(=O)c1cc(F)ccc1N. The highest BCUT2D eigenvalue weighted by Crippen LogP contribution is 2.14. The molecule has 16 heavy (non-hydrogen) atoms. The second-order valence-corrected chi connectivity index (χ2v) is 3.13. The molecule has 1 aromatic carbocycles. The van der Waals surface area contributed by atoms with Gasteiger partial charge >= 0.3 is 5.97 Å². The Bertz CT molecular complexity index is 426. The molecule has 4 nitrogen and oxygen atoms in total. The van der Waals surface area contributed by atoms with Crippen molar-refractivity contribution in [1.82, 2.24) is 0 Å². The van der Waals surface area contributed by atoms with Crippen molar-refractivity contribution in [2.24, 2.45) is 0 Å². The fraction of sp³-hybridized carbons (Fsp3) is 0.273. The Labute approximate surface area is 92.4 Å². The van der Waals surface area contributed by atoms with Crippen molar-refractivity contribution in [3.63, 3.8) is 0 Å². The lowest BCUT2D eigenvalue weighted by Crippen LogP contribution is -2.09. The van der Waals surface area contributed by atoms with Gasteiger partial charge in [-0.3, -0.25) is 0 Å². The summed E-state index contributed by atoms with van der Waals surface area (Å²) in [5.41, 5.74) is 5.68. The highest BCUT2D eigenvalue weighted by molar-refractivity contribution is 5.95. The molecule has 1 rings (SSSR count). The molecule has 2 N–H and O–H groups in total. The molecule has 0 aromatic heterocycles. The van der Waals surface area contributed by atoms with Gasteiger partial charge in [0.05, 0.1) is 18.2 Å². The van der Waals surface area contributed by atoms with E-state index in [1.165, 1.54) is 12.1 Å². The van der Waals surface area contributed by atoms with Gasteiger partial charge in [0.2, 0.25) is 0 Å². The van der Waals surface area contributed by atoms with Crippen LogP contribution in [-0.2, 0) is 4.74 Å². The molecule has 0 fully saturated rings. The zero-order valence-electron chi connectivity index (χ0n) is 8.57. The molecule has 0 unspecified atom stereocenters. The molecule has 84 valence electrons. The molecule has 0 saturated heterocycles. The van der Waals surface area contributed by atoms with E-state index in [1.54, 1.807) is 0 Å². The van der Waals surface area contributed by atoms with Gasteiger partial charge in [0, 0.05) is 12.1 Å². The minimum absolute atomic E-state index is 0.0111. The summed E-state index contributed by atoms with van der Waals surface area (Å²) in [6.45, 7) is 0.127. The number of esters is 1. The van der Waals surface area contributed by atoms with Gasteiger partial charge < -0.3 is 10.5 Å². The van der Waals surface area contributed by atoms with E-state index in [2.05, 4.69) is 0 Å². The van der Waals surface area contributed by atoms with Gasteiger partial charge in [0.25, 0.3) is 0 Å². The molecule has 0 radical (unpaired) electrons. The van der Waals surface area contributed by atoms with E-state index in [-0.39, 0.29) is 17.9 Å². The predicted octanol–water partition coefficient (Wildman–Crippen LogP) is 1.87. The summed E-state index contributed by atoms with van der Waals surface area (Å²) >= 11 is 0. The molecule has 1 aromatic rings. The molecule has 0 atom stereocenters. The number of ether oxygens (including phenoxy) is 1. The van der Waals surface area contributed by atoms with E-state index in [4.69, 9.17) is 15.7 Å². The molecule has 5 heteroatoms. The minimum Gasteiger partial charge on any atom is -0.462 e. The van der Waals surface area contributed by atoms with Crippen LogP contribution in [0.15, 0.2) is 18.2 Å². The minimum atomic E-state index is -0.671. The first-order chi connectivity index (χ1) is 7.65. The summed E-state index contributed by atoms with van der Waals surface area (Å²) in [7, 11) is 0. The number of rotatable bonds is 4. The summed E-state index contributed by atoms with van der Waals surface area (Å²) in [6.07, 6.45) is 0.767. The molecular weight excluding hydrogens is 211 g/mol. The Balaban J connectivity index is 2.59. The van der Waals surface area contributed by atoms with Crippen LogP contribution in [0.25, 0.3) is 0 Å². The van der Waals surface area contributed by atoms with Crippen molar-refractivity contribution in [2.75, 3.05) is 12.3 Å². The number of unbranched alkanes of at least 4 members (excludes halogenated alkanes) is 1. The number of anilines is 1. The second kappa shape index (κ2) is 5.71. The van der Waals surface area contributed by atoms with Crippen molar-refractivity contribution in [3.05, 3.63) is 29.6 Å². The van der Waals surface area contributed by atoms with Crippen LogP contribution in [0, 0.1) is 17.1 Å². The molecule has 0 aliphatic carbocycles. The molecule has 0 heterocycles. The molecule has 0 aliphatic rings. The number of nitrogens with zero attached hydrogens (tertiary/aromatic N) is 1. The lowest BCUT2D eigenvalue weighted by Gasteiger charge is -2.05. The maximum atomic E-state index is 12.8. The number of nitrogens with two attached hydrogens (primary N) is 1. The van der Waals surface area contributed by atoms with E-state index in [9.17, 15) is 9.18 Å². The number of carbonyl (C=O) groups excluding carboxylic acids is 1. The van der Waals surface area contributed by atoms with Gasteiger partial charge in [-0.1, -0.05) is 0 Å². The number of carbonyl (C=O) groups is 1. The summed E-state index contributed by atoms with van der Waals surface area (Å²) in [4.78, 5) is 11.4. The first-order valence-electron chi connectivity index (χ1n) is 4.74. The standard InChI is InChI=1S/C11H11FN2O2/c12-8-3-4-10(14)9(7-8)11(15)16-6-2-1-5-13/h3-4,7H,1-2,6,14H2. The Kier molecular flexibility index (Phi) is 4.28. The third-order valence-electron chi connectivity index (χ3n) is 1.90. The summed E-state index contributed by atoms with van der Waals surface area (Å²) in [5.74, 6) is -1.21.